The van der Waals surface area contributed by atoms with Gasteiger partial charge in [0, 0.05) is 25.7 Å². The fourth-order valence-corrected chi connectivity index (χ4v) is 2.66. The summed E-state index contributed by atoms with van der Waals surface area (Å²) in [6, 6.07) is 15.1. The highest BCUT2D eigenvalue weighted by Gasteiger charge is 2.04. The maximum Gasteiger partial charge on any atom is 0.251 e. The van der Waals surface area contributed by atoms with E-state index in [0.29, 0.717) is 25.3 Å². The zero-order chi connectivity index (χ0) is 20.9. The largest absolute Gasteiger partial charge is 0.497 e. The summed E-state index contributed by atoms with van der Waals surface area (Å²) in [5, 5.41) is 9.13. The molecule has 8 heteroatoms. The molecule has 0 heterocycles. The minimum absolute atomic E-state index is 0. The third-order valence-corrected chi connectivity index (χ3v) is 4.15. The number of nitrogens with zero attached hydrogens (tertiary/aromatic N) is 1. The third-order valence-electron chi connectivity index (χ3n) is 4.15. The summed E-state index contributed by atoms with van der Waals surface area (Å²) in [6.07, 6.45) is 0.754. The van der Waals surface area contributed by atoms with Gasteiger partial charge < -0.3 is 25.4 Å². The second-order valence-corrected chi connectivity index (χ2v) is 6.24. The third kappa shape index (κ3) is 8.89. The Labute approximate surface area is 195 Å². The van der Waals surface area contributed by atoms with Crippen LogP contribution in [0, 0.1) is 0 Å². The molecule has 0 radical (unpaired) electrons. The maximum atomic E-state index is 11.7. The summed E-state index contributed by atoms with van der Waals surface area (Å²) in [7, 11) is 3.27. The zero-order valence-electron chi connectivity index (χ0n) is 17.7. The molecule has 0 unspecified atom stereocenters. The summed E-state index contributed by atoms with van der Waals surface area (Å²) in [4.78, 5) is 16.3. The number of halogens is 1. The van der Waals surface area contributed by atoms with Gasteiger partial charge >= 0.3 is 0 Å². The predicted molar refractivity (Wildman–Crippen MR) is 131 cm³/mol. The second-order valence-electron chi connectivity index (χ2n) is 6.24. The number of benzene rings is 2. The van der Waals surface area contributed by atoms with E-state index in [0.717, 1.165) is 36.0 Å². The average molecular weight is 526 g/mol. The maximum absolute atomic E-state index is 11.7. The molecule has 7 nitrogen and oxygen atoms in total. The van der Waals surface area contributed by atoms with Gasteiger partial charge in [-0.1, -0.05) is 12.1 Å². The van der Waals surface area contributed by atoms with Crippen molar-refractivity contribution in [1.82, 2.24) is 16.0 Å². The molecule has 0 saturated heterocycles. The highest BCUT2D eigenvalue weighted by molar-refractivity contribution is 14.0. The number of hydrogen-bond acceptors (Lipinski definition) is 4. The highest BCUT2D eigenvalue weighted by atomic mass is 127. The fraction of sp³-hybridized carbons (Fsp3) is 0.364. The molecule has 0 aliphatic carbocycles. The van der Waals surface area contributed by atoms with Crippen LogP contribution in [0.2, 0.25) is 0 Å². The summed E-state index contributed by atoms with van der Waals surface area (Å²) in [6.45, 7) is 4.57. The van der Waals surface area contributed by atoms with E-state index in [1.165, 1.54) is 0 Å². The molecule has 1 amide bonds. The molecule has 0 aliphatic heterocycles. The predicted octanol–water partition coefficient (Wildman–Crippen LogP) is 2.85. The van der Waals surface area contributed by atoms with Crippen molar-refractivity contribution in [3.8, 4) is 11.5 Å². The fourth-order valence-electron chi connectivity index (χ4n) is 2.66. The number of carbonyl (C=O) groups excluding carboxylic acids is 1. The number of guanidine groups is 1. The number of hydrogen-bond donors (Lipinski definition) is 3. The van der Waals surface area contributed by atoms with Gasteiger partial charge in [-0.05, 0) is 55.3 Å². The Kier molecular flexibility index (Phi) is 12.3. The molecule has 0 aromatic heterocycles. The van der Waals surface area contributed by atoms with Crippen molar-refractivity contribution < 1.29 is 14.3 Å². The molecular formula is C22H31IN4O3. The summed E-state index contributed by atoms with van der Waals surface area (Å²) in [5.41, 5.74) is 1.74. The summed E-state index contributed by atoms with van der Waals surface area (Å²) in [5.74, 6) is 2.26. The van der Waals surface area contributed by atoms with Crippen LogP contribution in [-0.2, 0) is 6.42 Å². The number of nitrogens with one attached hydrogen (secondary N) is 3. The second kappa shape index (κ2) is 14.5. The van der Waals surface area contributed by atoms with Gasteiger partial charge in [0.25, 0.3) is 5.91 Å². The first-order valence-electron chi connectivity index (χ1n) is 9.76. The number of rotatable bonds is 10. The first kappa shape index (κ1) is 25.5. The minimum atomic E-state index is -0.0813. The number of methoxy groups -OCH3 is 1. The van der Waals surface area contributed by atoms with Crippen LogP contribution in [0.15, 0.2) is 53.5 Å². The molecular weight excluding hydrogens is 495 g/mol. The Morgan fingerprint density at radius 2 is 1.80 bits per heavy atom. The van der Waals surface area contributed by atoms with Crippen molar-refractivity contribution in [1.29, 1.82) is 0 Å². The van der Waals surface area contributed by atoms with Gasteiger partial charge in [0.05, 0.1) is 13.7 Å². The van der Waals surface area contributed by atoms with Gasteiger partial charge in [-0.3, -0.25) is 9.79 Å². The highest BCUT2D eigenvalue weighted by Crippen LogP contribution is 2.16. The van der Waals surface area contributed by atoms with Crippen molar-refractivity contribution in [2.45, 2.75) is 13.3 Å². The van der Waals surface area contributed by atoms with Gasteiger partial charge in [0.1, 0.15) is 18.1 Å². The molecule has 30 heavy (non-hydrogen) atoms. The van der Waals surface area contributed by atoms with Gasteiger partial charge in [0.15, 0.2) is 5.96 Å². The molecule has 2 aromatic rings. The average Bonchev–Trinajstić information content (AvgIpc) is 2.76. The lowest BCUT2D eigenvalue weighted by atomic mass is 10.1. The van der Waals surface area contributed by atoms with Crippen LogP contribution in [0.3, 0.4) is 0 Å². The van der Waals surface area contributed by atoms with Crippen LogP contribution in [0.4, 0.5) is 0 Å². The Balaban J connectivity index is 0.00000450. The van der Waals surface area contributed by atoms with E-state index in [2.05, 4.69) is 20.9 Å². The quantitative estimate of drug-likeness (QED) is 0.192. The molecule has 0 atom stereocenters. The number of amides is 1. The van der Waals surface area contributed by atoms with Crippen molar-refractivity contribution in [2.75, 3.05) is 40.4 Å². The van der Waals surface area contributed by atoms with Gasteiger partial charge in [0.2, 0.25) is 0 Å². The van der Waals surface area contributed by atoms with Crippen molar-refractivity contribution in [3.05, 3.63) is 59.7 Å². The summed E-state index contributed by atoms with van der Waals surface area (Å²) < 4.78 is 10.9. The standard InChI is InChI=1S/C22H30N4O3.HI/c1-4-24-22(26-14-15-29-20-10-8-19(28-3)9-11-20)25-13-12-17-6-5-7-18(16-17)21(27)23-2;/h5-11,16H,4,12-15H2,1-3H3,(H,23,27)(H2,24,25,26);1H. The molecule has 164 valence electrons. The lowest BCUT2D eigenvalue weighted by molar-refractivity contribution is 0.0963. The van der Waals surface area contributed by atoms with Gasteiger partial charge in [-0.15, -0.1) is 24.0 Å². The molecule has 2 rings (SSSR count). The van der Waals surface area contributed by atoms with E-state index in [-0.39, 0.29) is 29.9 Å². The molecule has 3 N–H and O–H groups in total. The lowest BCUT2D eigenvalue weighted by Crippen LogP contribution is -2.39. The molecule has 0 fully saturated rings. The van der Waals surface area contributed by atoms with Crippen LogP contribution >= 0.6 is 24.0 Å². The molecule has 0 aliphatic rings. The van der Waals surface area contributed by atoms with E-state index in [1.54, 1.807) is 20.2 Å². The monoisotopic (exact) mass is 526 g/mol. The Bertz CT molecular complexity index is 797. The lowest BCUT2D eigenvalue weighted by Gasteiger charge is -2.12. The Hall–Kier alpha value is -2.49. The Morgan fingerprint density at radius 1 is 1.07 bits per heavy atom. The first-order valence-corrected chi connectivity index (χ1v) is 9.76. The zero-order valence-corrected chi connectivity index (χ0v) is 20.1. The first-order chi connectivity index (χ1) is 14.2. The minimum Gasteiger partial charge on any atom is -0.497 e. The number of carbonyl (C=O) groups is 1. The van der Waals surface area contributed by atoms with Crippen molar-refractivity contribution >= 4 is 35.8 Å². The van der Waals surface area contributed by atoms with E-state index in [4.69, 9.17) is 9.47 Å². The SMILES string of the molecule is CCNC(=NCCc1cccc(C(=O)NC)c1)NCCOc1ccc(OC)cc1.I. The summed E-state index contributed by atoms with van der Waals surface area (Å²) >= 11 is 0. The van der Waals surface area contributed by atoms with Crippen molar-refractivity contribution in [2.24, 2.45) is 4.99 Å². The molecule has 2 aromatic carbocycles. The smallest absolute Gasteiger partial charge is 0.251 e. The molecule has 0 spiro atoms. The number of ether oxygens (including phenoxy) is 2. The van der Waals surface area contributed by atoms with Gasteiger partial charge in [-0.2, -0.15) is 0 Å². The van der Waals surface area contributed by atoms with E-state index in [1.807, 2.05) is 49.4 Å². The van der Waals surface area contributed by atoms with Crippen LogP contribution in [0.5, 0.6) is 11.5 Å². The van der Waals surface area contributed by atoms with Crippen LogP contribution in [0.25, 0.3) is 0 Å². The van der Waals surface area contributed by atoms with Crippen LogP contribution in [0.1, 0.15) is 22.8 Å². The molecule has 0 bridgehead atoms. The van der Waals surface area contributed by atoms with Crippen LogP contribution < -0.4 is 25.4 Å². The number of aliphatic imine (C=N–C) groups is 1. The topological polar surface area (TPSA) is 84.0 Å². The van der Waals surface area contributed by atoms with E-state index < -0.39 is 0 Å². The molecule has 0 saturated carbocycles. The van der Waals surface area contributed by atoms with E-state index >= 15 is 0 Å². The normalized spacial score (nSPS) is 10.6. The van der Waals surface area contributed by atoms with Gasteiger partial charge in [-0.25, -0.2) is 0 Å². The van der Waals surface area contributed by atoms with Crippen LogP contribution in [-0.4, -0.2) is 52.3 Å². The Morgan fingerprint density at radius 3 is 2.47 bits per heavy atom. The van der Waals surface area contributed by atoms with Crippen molar-refractivity contribution in [3.63, 3.8) is 0 Å². The van der Waals surface area contributed by atoms with E-state index in [9.17, 15) is 4.79 Å².